The molecule has 5 rings (SSSR count). The Balaban J connectivity index is 1.95. The van der Waals surface area contributed by atoms with Crippen molar-refractivity contribution in [3.05, 3.63) is 108 Å². The fourth-order valence-corrected chi connectivity index (χ4v) is 7.08. The van der Waals surface area contributed by atoms with E-state index in [2.05, 4.69) is 139 Å². The summed E-state index contributed by atoms with van der Waals surface area (Å²) in [6.45, 7) is 13.2. The summed E-state index contributed by atoms with van der Waals surface area (Å²) in [6.07, 6.45) is 4.16. The minimum Gasteiger partial charge on any atom is -0.374 e. The molecule has 2 heteroatoms. The standard InChI is InChI=1S/C39H46O2/c1-7-17-35(40-27(3)4)39(36(18-8-2)41-28(5)6)33-25-15-23-31(29-19-11-9-12-20-29)37(33)38-32(24-16-26-34(38)39)30-21-13-10-14-22-30/h9-16,19-28,35-36H,7-8,17-18H2,1-6H3. The second kappa shape index (κ2) is 12.8. The highest BCUT2D eigenvalue weighted by atomic mass is 16.5. The van der Waals surface area contributed by atoms with E-state index in [9.17, 15) is 0 Å². The van der Waals surface area contributed by atoms with Crippen molar-refractivity contribution in [2.75, 3.05) is 0 Å². The van der Waals surface area contributed by atoms with Crippen LogP contribution in [-0.2, 0) is 14.9 Å². The molecule has 0 amide bonds. The van der Waals surface area contributed by atoms with Crippen molar-refractivity contribution in [3.8, 4) is 33.4 Å². The van der Waals surface area contributed by atoms with E-state index >= 15 is 0 Å². The zero-order chi connectivity index (χ0) is 29.0. The number of rotatable bonds is 12. The Labute approximate surface area is 247 Å². The van der Waals surface area contributed by atoms with Crippen molar-refractivity contribution in [3.63, 3.8) is 0 Å². The van der Waals surface area contributed by atoms with Gasteiger partial charge in [0.1, 0.15) is 0 Å². The van der Waals surface area contributed by atoms with Crippen LogP contribution in [0.1, 0.15) is 78.4 Å². The van der Waals surface area contributed by atoms with Gasteiger partial charge in [-0.2, -0.15) is 0 Å². The highest BCUT2D eigenvalue weighted by molar-refractivity contribution is 6.00. The first-order chi connectivity index (χ1) is 19.9. The average molecular weight is 547 g/mol. The van der Waals surface area contributed by atoms with Gasteiger partial charge in [-0.1, -0.05) is 124 Å². The Bertz CT molecular complexity index is 1310. The first-order valence-corrected chi connectivity index (χ1v) is 15.6. The molecular formula is C39H46O2. The highest BCUT2D eigenvalue weighted by Crippen LogP contribution is 2.60. The third-order valence-corrected chi connectivity index (χ3v) is 8.43. The number of fused-ring (bicyclic) bond motifs is 3. The first kappa shape index (κ1) is 29.3. The van der Waals surface area contributed by atoms with Crippen molar-refractivity contribution in [1.29, 1.82) is 0 Å². The average Bonchev–Trinajstić information content (AvgIpc) is 3.28. The van der Waals surface area contributed by atoms with Gasteiger partial charge >= 0.3 is 0 Å². The first-order valence-electron chi connectivity index (χ1n) is 15.6. The van der Waals surface area contributed by atoms with Gasteiger partial charge in [-0.25, -0.2) is 0 Å². The molecule has 2 nitrogen and oxygen atoms in total. The fourth-order valence-electron chi connectivity index (χ4n) is 7.08. The van der Waals surface area contributed by atoms with Crippen LogP contribution in [0.15, 0.2) is 97.1 Å². The predicted molar refractivity (Wildman–Crippen MR) is 173 cm³/mol. The molecule has 0 saturated heterocycles. The molecule has 41 heavy (non-hydrogen) atoms. The lowest BCUT2D eigenvalue weighted by molar-refractivity contribution is -0.106. The molecule has 2 unspecified atom stereocenters. The van der Waals surface area contributed by atoms with E-state index in [1.807, 2.05) is 0 Å². The Morgan fingerprint density at radius 1 is 0.512 bits per heavy atom. The van der Waals surface area contributed by atoms with Gasteiger partial charge in [0.25, 0.3) is 0 Å². The second-order valence-corrected chi connectivity index (χ2v) is 12.0. The van der Waals surface area contributed by atoms with Crippen LogP contribution in [-0.4, -0.2) is 24.4 Å². The minimum atomic E-state index is -0.444. The molecule has 1 aliphatic rings. The van der Waals surface area contributed by atoms with E-state index in [-0.39, 0.29) is 24.4 Å². The van der Waals surface area contributed by atoms with E-state index < -0.39 is 5.41 Å². The van der Waals surface area contributed by atoms with Crippen molar-refractivity contribution < 1.29 is 9.47 Å². The number of ether oxygens (including phenoxy) is 2. The fraction of sp³-hybridized carbons (Fsp3) is 0.385. The Kier molecular flexibility index (Phi) is 9.12. The molecule has 0 aliphatic heterocycles. The third kappa shape index (κ3) is 5.41. The Hall–Kier alpha value is -3.20. The summed E-state index contributed by atoms with van der Waals surface area (Å²) in [5.41, 5.74) is 9.92. The van der Waals surface area contributed by atoms with Gasteiger partial charge in [-0.3, -0.25) is 0 Å². The van der Waals surface area contributed by atoms with Crippen LogP contribution in [0.3, 0.4) is 0 Å². The van der Waals surface area contributed by atoms with Gasteiger partial charge in [-0.15, -0.1) is 0 Å². The number of benzene rings is 4. The van der Waals surface area contributed by atoms with Gasteiger partial charge in [0, 0.05) is 0 Å². The summed E-state index contributed by atoms with van der Waals surface area (Å²) in [7, 11) is 0. The Morgan fingerprint density at radius 3 is 1.24 bits per heavy atom. The number of hydrogen-bond acceptors (Lipinski definition) is 2. The second-order valence-electron chi connectivity index (χ2n) is 12.0. The van der Waals surface area contributed by atoms with Crippen molar-refractivity contribution in [1.82, 2.24) is 0 Å². The molecule has 4 aromatic carbocycles. The Morgan fingerprint density at radius 2 is 0.902 bits per heavy atom. The van der Waals surface area contributed by atoms with Crippen molar-refractivity contribution >= 4 is 0 Å². The van der Waals surface area contributed by atoms with Crippen molar-refractivity contribution in [2.45, 2.75) is 97.1 Å². The smallest absolute Gasteiger partial charge is 0.0741 e. The number of hydrogen-bond donors (Lipinski definition) is 0. The van der Waals surface area contributed by atoms with Crippen LogP contribution in [0.25, 0.3) is 33.4 Å². The summed E-state index contributed by atoms with van der Waals surface area (Å²) in [5, 5.41) is 0. The molecular weight excluding hydrogens is 500 g/mol. The zero-order valence-corrected chi connectivity index (χ0v) is 25.7. The predicted octanol–water partition coefficient (Wildman–Crippen LogP) is 10.5. The third-order valence-electron chi connectivity index (χ3n) is 8.43. The van der Waals surface area contributed by atoms with Crippen LogP contribution in [0.5, 0.6) is 0 Å². The van der Waals surface area contributed by atoms with E-state index in [1.165, 1.54) is 44.5 Å². The van der Waals surface area contributed by atoms with E-state index in [1.54, 1.807) is 0 Å². The summed E-state index contributed by atoms with van der Waals surface area (Å²) >= 11 is 0. The summed E-state index contributed by atoms with van der Waals surface area (Å²) in [4.78, 5) is 0. The van der Waals surface area contributed by atoms with Crippen LogP contribution in [0.4, 0.5) is 0 Å². The van der Waals surface area contributed by atoms with Gasteiger partial charge < -0.3 is 9.47 Å². The van der Waals surface area contributed by atoms with Crippen LogP contribution < -0.4 is 0 Å². The monoisotopic (exact) mass is 546 g/mol. The van der Waals surface area contributed by atoms with Gasteiger partial charge in [0.05, 0.1) is 29.8 Å². The normalized spacial score (nSPS) is 15.1. The van der Waals surface area contributed by atoms with E-state index in [0.29, 0.717) is 0 Å². The maximum atomic E-state index is 7.01. The summed E-state index contributed by atoms with van der Waals surface area (Å²) < 4.78 is 14.0. The largest absolute Gasteiger partial charge is 0.374 e. The molecule has 0 N–H and O–H groups in total. The SMILES string of the molecule is CCCC(OC(C)C)C1(C(CCC)OC(C)C)c2cccc(-c3ccccc3)c2-c2c(-c3ccccc3)cccc21. The van der Waals surface area contributed by atoms with Crippen LogP contribution >= 0.6 is 0 Å². The maximum absolute atomic E-state index is 7.01. The molecule has 0 aromatic heterocycles. The minimum absolute atomic E-state index is 0.0279. The van der Waals surface area contributed by atoms with E-state index in [0.717, 1.165) is 25.7 Å². The molecule has 0 fully saturated rings. The van der Waals surface area contributed by atoms with Gasteiger partial charge in [0.15, 0.2) is 0 Å². The molecule has 214 valence electrons. The molecule has 4 aromatic rings. The van der Waals surface area contributed by atoms with E-state index in [4.69, 9.17) is 9.47 Å². The molecule has 0 spiro atoms. The lowest BCUT2D eigenvalue weighted by Gasteiger charge is -2.46. The molecule has 2 atom stereocenters. The molecule has 0 saturated carbocycles. The lowest BCUT2D eigenvalue weighted by atomic mass is 9.66. The molecule has 0 radical (unpaired) electrons. The zero-order valence-electron chi connectivity index (χ0n) is 25.7. The van der Waals surface area contributed by atoms with Gasteiger partial charge in [0.2, 0.25) is 0 Å². The molecule has 1 aliphatic carbocycles. The summed E-state index contributed by atoms with van der Waals surface area (Å²) in [6, 6.07) is 35.6. The van der Waals surface area contributed by atoms with Crippen LogP contribution in [0, 0.1) is 0 Å². The van der Waals surface area contributed by atoms with Crippen LogP contribution in [0.2, 0.25) is 0 Å². The van der Waals surface area contributed by atoms with Crippen molar-refractivity contribution in [2.24, 2.45) is 0 Å². The van der Waals surface area contributed by atoms with Gasteiger partial charge in [-0.05, 0) is 85.0 Å². The quantitative estimate of drug-likeness (QED) is 0.176. The molecule has 0 bridgehead atoms. The molecule has 0 heterocycles. The maximum Gasteiger partial charge on any atom is 0.0741 e. The lowest BCUT2D eigenvalue weighted by Crippen LogP contribution is -2.52. The highest BCUT2D eigenvalue weighted by Gasteiger charge is 2.56. The topological polar surface area (TPSA) is 18.5 Å². The summed E-state index contributed by atoms with van der Waals surface area (Å²) in [5.74, 6) is 0.